The van der Waals surface area contributed by atoms with Crippen LogP contribution >= 0.6 is 0 Å². The Morgan fingerprint density at radius 3 is 2.41 bits per heavy atom. The number of nitrogens with one attached hydrogen (secondary N) is 4. The first-order valence-electron chi connectivity index (χ1n) is 15.0. The second-order valence-corrected chi connectivity index (χ2v) is 12.1. The molecule has 0 unspecified atom stereocenters. The van der Waals surface area contributed by atoms with Crippen molar-refractivity contribution in [2.45, 2.75) is 96.6 Å². The third-order valence-corrected chi connectivity index (χ3v) is 7.34. The minimum absolute atomic E-state index is 0.0512. The fraction of sp³-hybridized carbons (Fsp3) is 0.567. The third kappa shape index (κ3) is 8.77. The standard InChI is InChI=1S/C30H43N7O7/c1-19(38)36(17-24(26(40)44-30(2,3)4)35-29(42)43-18-20-11-6-5-7-12-20)37-25(39)23(34-28(37)41)15-10-16-31-27-32-21-13-8-9-14-22(21)33-27/h5-7,11-12,21-22,24,39H,8-10,13-18H2,1-4H3,(H,34,41)(H,35,42)(H2,31,32,33)/t21-,22+,24-/m0/s1. The van der Waals surface area contributed by atoms with Crippen molar-refractivity contribution < 1.29 is 29.0 Å². The van der Waals surface area contributed by atoms with Crippen molar-refractivity contribution >= 4 is 23.9 Å². The number of guanidine groups is 1. The third-order valence-electron chi connectivity index (χ3n) is 7.34. The van der Waals surface area contributed by atoms with E-state index in [2.05, 4.69) is 25.9 Å². The Labute approximate surface area is 256 Å². The molecule has 3 atom stereocenters. The SMILES string of the molecule is CC(=O)N(C[C@H](NC(=O)OCc1ccccc1)C(=O)OC(C)(C)C)n1c(O)c(CCCN=C2N[C@H]3CCCC[C@H]3N2)[nH]c1=O. The molecule has 4 rings (SSSR count). The van der Waals surface area contributed by atoms with E-state index in [1.54, 1.807) is 45.0 Å². The number of aromatic amines is 1. The summed E-state index contributed by atoms with van der Waals surface area (Å²) in [5.74, 6) is -1.22. The van der Waals surface area contributed by atoms with Gasteiger partial charge in [0, 0.05) is 25.6 Å². The summed E-state index contributed by atoms with van der Waals surface area (Å²) in [6, 6.07) is 8.35. The number of nitrogens with zero attached hydrogens (tertiary/aromatic N) is 3. The second-order valence-electron chi connectivity index (χ2n) is 12.1. The van der Waals surface area contributed by atoms with Crippen LogP contribution in [0, 0.1) is 0 Å². The van der Waals surface area contributed by atoms with Crippen LogP contribution in [0.3, 0.4) is 0 Å². The quantitative estimate of drug-likeness (QED) is 0.187. The van der Waals surface area contributed by atoms with Gasteiger partial charge in [0.1, 0.15) is 18.2 Å². The molecule has 240 valence electrons. The lowest BCUT2D eigenvalue weighted by Crippen LogP contribution is -2.56. The van der Waals surface area contributed by atoms with Crippen molar-refractivity contribution in [2.24, 2.45) is 4.99 Å². The number of aryl methyl sites for hydroxylation is 1. The lowest BCUT2D eigenvalue weighted by atomic mass is 9.92. The van der Waals surface area contributed by atoms with E-state index in [1.165, 1.54) is 19.8 Å². The summed E-state index contributed by atoms with van der Waals surface area (Å²) in [6.07, 6.45) is 4.52. The van der Waals surface area contributed by atoms with Crippen LogP contribution in [0.1, 0.15) is 71.1 Å². The van der Waals surface area contributed by atoms with Crippen molar-refractivity contribution in [1.29, 1.82) is 0 Å². The molecule has 1 aromatic heterocycles. The van der Waals surface area contributed by atoms with Crippen LogP contribution in [-0.2, 0) is 32.1 Å². The Kier molecular flexibility index (Phi) is 10.6. The van der Waals surface area contributed by atoms with E-state index in [0.29, 0.717) is 25.0 Å². The molecule has 2 aliphatic rings. The average Bonchev–Trinajstić information content (AvgIpc) is 3.51. The number of aliphatic imine (C=N–C) groups is 1. The van der Waals surface area contributed by atoms with Gasteiger partial charge in [-0.1, -0.05) is 43.2 Å². The number of ether oxygens (including phenoxy) is 2. The number of carbonyl (C=O) groups excluding carboxylic acids is 3. The van der Waals surface area contributed by atoms with Gasteiger partial charge in [-0.3, -0.25) is 9.79 Å². The molecule has 2 fully saturated rings. The maximum atomic E-state index is 13.1. The van der Waals surface area contributed by atoms with Crippen molar-refractivity contribution in [3.05, 3.63) is 52.1 Å². The topological polar surface area (TPSA) is 179 Å². The van der Waals surface area contributed by atoms with Crippen molar-refractivity contribution in [3.63, 3.8) is 0 Å². The fourth-order valence-electron chi connectivity index (χ4n) is 5.25. The first kappa shape index (κ1) is 32.4. The fourth-order valence-corrected chi connectivity index (χ4v) is 5.25. The van der Waals surface area contributed by atoms with Gasteiger partial charge in [0.2, 0.25) is 11.8 Å². The molecule has 14 heteroatoms. The van der Waals surface area contributed by atoms with Gasteiger partial charge in [-0.05, 0) is 52.0 Å². The van der Waals surface area contributed by atoms with Crippen LogP contribution in [0.2, 0.25) is 0 Å². The molecule has 0 spiro atoms. The van der Waals surface area contributed by atoms with Crippen molar-refractivity contribution in [1.82, 2.24) is 25.6 Å². The van der Waals surface area contributed by atoms with Gasteiger partial charge >= 0.3 is 17.8 Å². The number of aromatic nitrogens is 2. The smallest absolute Gasteiger partial charge is 0.408 e. The number of hydrogen-bond donors (Lipinski definition) is 5. The van der Waals surface area contributed by atoms with Crippen LogP contribution < -0.4 is 26.6 Å². The van der Waals surface area contributed by atoms with Gasteiger partial charge in [-0.25, -0.2) is 19.4 Å². The average molecular weight is 614 g/mol. The number of rotatable bonds is 11. The molecule has 44 heavy (non-hydrogen) atoms. The highest BCUT2D eigenvalue weighted by Gasteiger charge is 2.33. The summed E-state index contributed by atoms with van der Waals surface area (Å²) < 4.78 is 11.5. The minimum atomic E-state index is -1.42. The summed E-state index contributed by atoms with van der Waals surface area (Å²) in [4.78, 5) is 58.6. The highest BCUT2D eigenvalue weighted by molar-refractivity contribution is 5.87. The summed E-state index contributed by atoms with van der Waals surface area (Å²) >= 11 is 0. The molecule has 1 aromatic carbocycles. The Balaban J connectivity index is 1.43. The van der Waals surface area contributed by atoms with E-state index in [-0.39, 0.29) is 18.7 Å². The number of esters is 1. The van der Waals surface area contributed by atoms with E-state index < -0.39 is 47.7 Å². The maximum Gasteiger partial charge on any atom is 0.408 e. The molecule has 1 saturated heterocycles. The summed E-state index contributed by atoms with van der Waals surface area (Å²) in [6.45, 7) is 6.03. The number of hydrogen-bond acceptors (Lipinski definition) is 8. The highest BCUT2D eigenvalue weighted by atomic mass is 16.6. The zero-order valence-corrected chi connectivity index (χ0v) is 25.7. The van der Waals surface area contributed by atoms with Gasteiger partial charge in [0.25, 0.3) is 0 Å². The molecular formula is C30H43N7O7. The number of H-pyrrole nitrogens is 1. The molecule has 1 aliphatic heterocycles. The van der Waals surface area contributed by atoms with E-state index in [4.69, 9.17) is 9.47 Å². The van der Waals surface area contributed by atoms with Crippen LogP contribution in [0.25, 0.3) is 0 Å². The molecule has 0 bridgehead atoms. The zero-order valence-electron chi connectivity index (χ0n) is 25.7. The second kappa shape index (κ2) is 14.3. The van der Waals surface area contributed by atoms with Gasteiger partial charge < -0.3 is 35.5 Å². The monoisotopic (exact) mass is 613 g/mol. The summed E-state index contributed by atoms with van der Waals surface area (Å²) in [5, 5.41) is 21.1. The van der Waals surface area contributed by atoms with E-state index in [1.807, 2.05) is 6.07 Å². The number of imidazole rings is 1. The lowest BCUT2D eigenvalue weighted by Gasteiger charge is -2.28. The Morgan fingerprint density at radius 2 is 1.80 bits per heavy atom. The first-order valence-corrected chi connectivity index (χ1v) is 15.0. The largest absolute Gasteiger partial charge is 0.492 e. The Bertz CT molecular complexity index is 1380. The summed E-state index contributed by atoms with van der Waals surface area (Å²) in [5.41, 5.74) is -0.737. The maximum absolute atomic E-state index is 13.1. The Hall–Kier alpha value is -4.49. The molecule has 5 N–H and O–H groups in total. The number of alkyl carbamates (subject to hydrolysis) is 1. The number of aromatic hydroxyl groups is 1. The van der Waals surface area contributed by atoms with E-state index in [9.17, 15) is 24.3 Å². The molecular weight excluding hydrogens is 570 g/mol. The van der Waals surface area contributed by atoms with Crippen LogP contribution in [0.15, 0.2) is 40.1 Å². The number of benzene rings is 1. The molecule has 1 saturated carbocycles. The predicted molar refractivity (Wildman–Crippen MR) is 163 cm³/mol. The van der Waals surface area contributed by atoms with Crippen LogP contribution in [0.5, 0.6) is 5.88 Å². The molecule has 2 heterocycles. The van der Waals surface area contributed by atoms with E-state index in [0.717, 1.165) is 34.0 Å². The molecule has 1 aliphatic carbocycles. The number of amides is 2. The molecule has 2 aromatic rings. The normalized spacial score (nSPS) is 19.3. The zero-order chi connectivity index (χ0) is 31.9. The number of carbonyl (C=O) groups is 3. The van der Waals surface area contributed by atoms with Crippen molar-refractivity contribution in [2.75, 3.05) is 18.1 Å². The van der Waals surface area contributed by atoms with Gasteiger partial charge in [-0.2, -0.15) is 4.68 Å². The lowest BCUT2D eigenvalue weighted by molar-refractivity contribution is -0.157. The van der Waals surface area contributed by atoms with Crippen molar-refractivity contribution in [3.8, 4) is 5.88 Å². The highest BCUT2D eigenvalue weighted by Crippen LogP contribution is 2.22. The van der Waals surface area contributed by atoms with Gasteiger partial charge in [-0.15, -0.1) is 0 Å². The molecule has 14 nitrogen and oxygen atoms in total. The molecule has 0 radical (unpaired) electrons. The van der Waals surface area contributed by atoms with Gasteiger partial charge in [0.05, 0.1) is 12.2 Å². The first-order chi connectivity index (χ1) is 20.9. The van der Waals surface area contributed by atoms with Crippen LogP contribution in [0.4, 0.5) is 4.79 Å². The summed E-state index contributed by atoms with van der Waals surface area (Å²) in [7, 11) is 0. The van der Waals surface area contributed by atoms with Gasteiger partial charge in [0.15, 0.2) is 5.96 Å². The molecule has 2 amide bonds. The predicted octanol–water partition coefficient (Wildman–Crippen LogP) is 1.80. The van der Waals surface area contributed by atoms with E-state index >= 15 is 0 Å². The minimum Gasteiger partial charge on any atom is -0.492 e. The van der Waals surface area contributed by atoms with Crippen LogP contribution in [-0.4, -0.2) is 75.5 Å². The Morgan fingerprint density at radius 1 is 1.14 bits per heavy atom. The number of fused-ring (bicyclic) bond motifs is 1.